The molecule has 1 aliphatic rings. The lowest BCUT2D eigenvalue weighted by molar-refractivity contribution is 0.576. The van der Waals surface area contributed by atoms with Crippen LogP contribution >= 0.6 is 12.2 Å². The monoisotopic (exact) mass is 184 g/mol. The molecule has 12 heavy (non-hydrogen) atoms. The number of aromatic amines is 1. The highest BCUT2D eigenvalue weighted by Gasteiger charge is 2.23. The number of nitrogens with zero attached hydrogens (tertiary/aromatic N) is 1. The fraction of sp³-hybridized carbons (Fsp3) is 0.500. The van der Waals surface area contributed by atoms with Gasteiger partial charge in [-0.05, 0) is 25.2 Å². The quantitative estimate of drug-likeness (QED) is 0.714. The van der Waals surface area contributed by atoms with Gasteiger partial charge in [0.15, 0.2) is 10.5 Å². The van der Waals surface area contributed by atoms with Gasteiger partial charge in [0, 0.05) is 0 Å². The van der Waals surface area contributed by atoms with Crippen molar-refractivity contribution in [1.29, 1.82) is 0 Å². The average Bonchev–Trinajstić information content (AvgIpc) is 2.83. The van der Waals surface area contributed by atoms with Gasteiger partial charge in [0.2, 0.25) is 0 Å². The topological polar surface area (TPSA) is 28.7 Å². The zero-order valence-corrected chi connectivity index (χ0v) is 7.33. The third-order valence-electron chi connectivity index (χ3n) is 2.06. The molecule has 0 saturated heterocycles. The summed E-state index contributed by atoms with van der Waals surface area (Å²) in [6, 6.07) is 0. The second-order valence-corrected chi connectivity index (χ2v) is 3.53. The van der Waals surface area contributed by atoms with E-state index in [1.54, 1.807) is 0 Å². The minimum Gasteiger partial charge on any atom is -0.347 e. The summed E-state index contributed by atoms with van der Waals surface area (Å²) in [7, 11) is 0. The molecule has 1 fully saturated rings. The smallest absolute Gasteiger partial charge is 0.179 e. The van der Waals surface area contributed by atoms with E-state index in [0.29, 0.717) is 11.6 Å². The van der Waals surface area contributed by atoms with Crippen LogP contribution < -0.4 is 0 Å². The van der Waals surface area contributed by atoms with Crippen LogP contribution in [0, 0.1) is 16.4 Å². The number of nitrogens with one attached hydrogen (secondary N) is 1. The first-order chi connectivity index (χ1) is 5.77. The summed E-state index contributed by atoms with van der Waals surface area (Å²) >= 11 is 4.71. The molecule has 0 aliphatic heterocycles. The van der Waals surface area contributed by atoms with Gasteiger partial charge in [0.1, 0.15) is 0 Å². The third-order valence-corrected chi connectivity index (χ3v) is 2.35. The van der Waals surface area contributed by atoms with Gasteiger partial charge in [-0.3, -0.25) is 0 Å². The van der Waals surface area contributed by atoms with Crippen LogP contribution in [0.1, 0.15) is 18.5 Å². The zero-order chi connectivity index (χ0) is 8.55. The maximum Gasteiger partial charge on any atom is 0.179 e. The summed E-state index contributed by atoms with van der Waals surface area (Å²) in [5.41, 5.74) is 0.609. The zero-order valence-electron chi connectivity index (χ0n) is 6.51. The standard InChI is InChI=1S/C8H9FN2S/c9-7-6(3-5-1-2-5)10-4-11-8(7)12/h4-5H,1-3H2,(H,10,11,12). The molecule has 0 spiro atoms. The van der Waals surface area contributed by atoms with Crippen LogP contribution in [0.15, 0.2) is 6.33 Å². The molecule has 2 rings (SSSR count). The highest BCUT2D eigenvalue weighted by Crippen LogP contribution is 2.32. The highest BCUT2D eigenvalue weighted by molar-refractivity contribution is 7.71. The molecule has 1 heterocycles. The molecule has 2 nitrogen and oxygen atoms in total. The second-order valence-electron chi connectivity index (χ2n) is 3.15. The van der Waals surface area contributed by atoms with Gasteiger partial charge < -0.3 is 4.98 Å². The number of H-pyrrole nitrogens is 1. The van der Waals surface area contributed by atoms with Crippen LogP contribution in [-0.4, -0.2) is 9.97 Å². The van der Waals surface area contributed by atoms with Crippen molar-refractivity contribution in [1.82, 2.24) is 9.97 Å². The van der Waals surface area contributed by atoms with Crippen LogP contribution in [0.25, 0.3) is 0 Å². The lowest BCUT2D eigenvalue weighted by Crippen LogP contribution is -1.98. The largest absolute Gasteiger partial charge is 0.347 e. The average molecular weight is 184 g/mol. The molecule has 1 aliphatic carbocycles. The summed E-state index contributed by atoms with van der Waals surface area (Å²) in [5, 5.41) is 0. The Kier molecular flexibility index (Phi) is 1.92. The highest BCUT2D eigenvalue weighted by atomic mass is 32.1. The Balaban J connectivity index is 2.29. The normalized spacial score (nSPS) is 16.4. The molecule has 0 unspecified atom stereocenters. The molecule has 0 bridgehead atoms. The Morgan fingerprint density at radius 3 is 3.08 bits per heavy atom. The van der Waals surface area contributed by atoms with Gasteiger partial charge in [-0.25, -0.2) is 9.37 Å². The van der Waals surface area contributed by atoms with E-state index in [-0.39, 0.29) is 10.5 Å². The summed E-state index contributed by atoms with van der Waals surface area (Å²) in [5.74, 6) is 0.312. The van der Waals surface area contributed by atoms with Crippen molar-refractivity contribution in [2.45, 2.75) is 19.3 Å². The van der Waals surface area contributed by atoms with Crippen LogP contribution in [0.3, 0.4) is 0 Å². The number of aromatic nitrogens is 2. The van der Waals surface area contributed by atoms with E-state index in [1.165, 1.54) is 19.2 Å². The fourth-order valence-corrected chi connectivity index (χ4v) is 1.35. The summed E-state index contributed by atoms with van der Waals surface area (Å²) in [4.78, 5) is 6.45. The van der Waals surface area contributed by atoms with Crippen LogP contribution in [0.4, 0.5) is 4.39 Å². The molecule has 1 N–H and O–H groups in total. The van der Waals surface area contributed by atoms with Gasteiger partial charge in [-0.1, -0.05) is 12.2 Å². The van der Waals surface area contributed by atoms with Gasteiger partial charge >= 0.3 is 0 Å². The van der Waals surface area contributed by atoms with E-state index >= 15 is 0 Å². The Labute approximate surface area is 74.8 Å². The number of rotatable bonds is 2. The van der Waals surface area contributed by atoms with Gasteiger partial charge in [-0.2, -0.15) is 0 Å². The number of halogens is 1. The molecule has 0 aromatic carbocycles. The molecule has 0 amide bonds. The van der Waals surface area contributed by atoms with Crippen LogP contribution in [0.2, 0.25) is 0 Å². The maximum absolute atomic E-state index is 13.2. The van der Waals surface area contributed by atoms with Crippen molar-refractivity contribution in [2.75, 3.05) is 0 Å². The van der Waals surface area contributed by atoms with Gasteiger partial charge in [0.25, 0.3) is 0 Å². The Hall–Kier alpha value is -0.770. The van der Waals surface area contributed by atoms with Crippen molar-refractivity contribution in [2.24, 2.45) is 5.92 Å². The molecule has 0 radical (unpaired) electrons. The second kappa shape index (κ2) is 2.94. The summed E-state index contributed by atoms with van der Waals surface area (Å²) < 4.78 is 13.3. The van der Waals surface area contributed by atoms with E-state index in [1.807, 2.05) is 0 Å². The van der Waals surface area contributed by atoms with Crippen LogP contribution in [-0.2, 0) is 6.42 Å². The minimum atomic E-state index is -0.348. The number of hydrogen-bond donors (Lipinski definition) is 1. The lowest BCUT2D eigenvalue weighted by Gasteiger charge is -1.99. The first kappa shape index (κ1) is 7.86. The predicted octanol–water partition coefficient (Wildman–Crippen LogP) is 2.23. The first-order valence-corrected chi connectivity index (χ1v) is 4.40. The van der Waals surface area contributed by atoms with Crippen molar-refractivity contribution in [3.8, 4) is 0 Å². The molecule has 4 heteroatoms. The Morgan fingerprint density at radius 1 is 1.67 bits per heavy atom. The SMILES string of the molecule is Fc1c(CC2CC2)[nH]cnc1=S. The lowest BCUT2D eigenvalue weighted by atomic mass is 10.2. The minimum absolute atomic E-state index is 0.0735. The van der Waals surface area contributed by atoms with E-state index in [0.717, 1.165) is 6.42 Å². The molecule has 1 aromatic heterocycles. The molecule has 0 atom stereocenters. The number of hydrogen-bond acceptors (Lipinski definition) is 2. The molecular weight excluding hydrogens is 175 g/mol. The van der Waals surface area contributed by atoms with E-state index in [9.17, 15) is 4.39 Å². The van der Waals surface area contributed by atoms with Crippen molar-refractivity contribution in [3.63, 3.8) is 0 Å². The molecule has 1 aromatic rings. The first-order valence-electron chi connectivity index (χ1n) is 3.99. The van der Waals surface area contributed by atoms with Crippen molar-refractivity contribution in [3.05, 3.63) is 22.5 Å². The van der Waals surface area contributed by atoms with Crippen LogP contribution in [0.5, 0.6) is 0 Å². The molecule has 64 valence electrons. The van der Waals surface area contributed by atoms with Gasteiger partial charge in [0.05, 0.1) is 12.0 Å². The fourth-order valence-electron chi connectivity index (χ4n) is 1.18. The summed E-state index contributed by atoms with van der Waals surface area (Å²) in [6.45, 7) is 0. The Bertz CT molecular complexity index is 343. The van der Waals surface area contributed by atoms with Gasteiger partial charge in [-0.15, -0.1) is 0 Å². The van der Waals surface area contributed by atoms with E-state index in [4.69, 9.17) is 12.2 Å². The molecule has 1 saturated carbocycles. The summed E-state index contributed by atoms with van der Waals surface area (Å²) in [6.07, 6.45) is 4.66. The predicted molar refractivity (Wildman–Crippen MR) is 45.8 cm³/mol. The van der Waals surface area contributed by atoms with E-state index < -0.39 is 0 Å². The maximum atomic E-state index is 13.2. The molecular formula is C8H9FN2S. The van der Waals surface area contributed by atoms with E-state index in [2.05, 4.69) is 9.97 Å². The third kappa shape index (κ3) is 1.53. The Morgan fingerprint density at radius 2 is 2.42 bits per heavy atom. The van der Waals surface area contributed by atoms with Crippen molar-refractivity contribution < 1.29 is 4.39 Å². The van der Waals surface area contributed by atoms with Crippen molar-refractivity contribution >= 4 is 12.2 Å².